The molecule has 8 heteroatoms. The van der Waals surface area contributed by atoms with Gasteiger partial charge in [0.25, 0.3) is 11.6 Å². The van der Waals surface area contributed by atoms with Crippen molar-refractivity contribution in [1.29, 1.82) is 0 Å². The summed E-state index contributed by atoms with van der Waals surface area (Å²) in [6.07, 6.45) is 0. The number of para-hydroxylation sites is 1. The van der Waals surface area contributed by atoms with Crippen molar-refractivity contribution in [3.05, 3.63) is 67.9 Å². The van der Waals surface area contributed by atoms with Gasteiger partial charge in [-0.05, 0) is 12.1 Å². The second kappa shape index (κ2) is 6.51. The monoisotopic (exact) mass is 325 g/mol. The molecule has 0 atom stereocenters. The van der Waals surface area contributed by atoms with E-state index < -0.39 is 10.8 Å². The van der Waals surface area contributed by atoms with Crippen molar-refractivity contribution in [3.8, 4) is 0 Å². The molecule has 0 saturated carbocycles. The van der Waals surface area contributed by atoms with E-state index in [1.807, 2.05) is 0 Å². The van der Waals surface area contributed by atoms with Gasteiger partial charge in [-0.1, -0.05) is 41.4 Å². The molecule has 2 rings (SSSR count). The van der Waals surface area contributed by atoms with Crippen LogP contribution >= 0.6 is 23.2 Å². The molecule has 0 radical (unpaired) electrons. The topological polar surface area (TPSA) is 85.1 Å². The molecular formula is C13H9Cl2N3O3. The average Bonchev–Trinajstić information content (AvgIpc) is 2.47. The first-order chi connectivity index (χ1) is 9.99. The molecule has 0 aliphatic carbocycles. The quantitative estimate of drug-likeness (QED) is 0.531. The fraction of sp³-hybridized carbons (Fsp3) is 0.0769. The molecular weight excluding hydrogens is 317 g/mol. The van der Waals surface area contributed by atoms with E-state index in [0.29, 0.717) is 5.56 Å². The number of halogens is 2. The van der Waals surface area contributed by atoms with Gasteiger partial charge in [0.1, 0.15) is 10.8 Å². The number of carbonyl (C=O) groups excluding carboxylic acids is 1. The molecule has 1 N–H and O–H groups in total. The van der Waals surface area contributed by atoms with Crippen LogP contribution in [-0.4, -0.2) is 15.8 Å². The van der Waals surface area contributed by atoms with E-state index in [1.54, 1.807) is 18.2 Å². The van der Waals surface area contributed by atoms with Crippen LogP contribution in [0.2, 0.25) is 10.2 Å². The smallest absolute Gasteiger partial charge is 0.274 e. The van der Waals surface area contributed by atoms with Crippen LogP contribution in [0, 0.1) is 10.1 Å². The lowest BCUT2D eigenvalue weighted by atomic mass is 10.2. The fourth-order valence-corrected chi connectivity index (χ4v) is 2.01. The lowest BCUT2D eigenvalue weighted by Crippen LogP contribution is -2.24. The number of hydrogen-bond donors (Lipinski definition) is 1. The lowest BCUT2D eigenvalue weighted by molar-refractivity contribution is -0.385. The Kier molecular flexibility index (Phi) is 4.72. The summed E-state index contributed by atoms with van der Waals surface area (Å²) in [5.74, 6) is -0.555. The minimum atomic E-state index is -0.555. The van der Waals surface area contributed by atoms with Crippen LogP contribution in [0.4, 0.5) is 5.69 Å². The molecule has 0 saturated heterocycles. The maximum atomic E-state index is 12.0. The number of benzene rings is 1. The van der Waals surface area contributed by atoms with Gasteiger partial charge in [-0.25, -0.2) is 4.98 Å². The maximum absolute atomic E-state index is 12.0. The molecule has 0 fully saturated rings. The zero-order valence-corrected chi connectivity index (χ0v) is 12.1. The second-order valence-corrected chi connectivity index (χ2v) is 4.83. The van der Waals surface area contributed by atoms with Crippen molar-refractivity contribution in [3.63, 3.8) is 0 Å². The standard InChI is InChI=1S/C13H9Cl2N3O3/c14-9-5-6-11(15)17-12(9)13(19)16-7-8-3-1-2-4-10(8)18(20)21/h1-6H,7H2,(H,16,19). The van der Waals surface area contributed by atoms with E-state index >= 15 is 0 Å². The predicted octanol–water partition coefficient (Wildman–Crippen LogP) is 3.23. The van der Waals surface area contributed by atoms with Gasteiger partial charge in [0.05, 0.1) is 9.95 Å². The Bertz CT molecular complexity index is 707. The molecule has 0 aliphatic heterocycles. The number of pyridine rings is 1. The number of nitro benzene ring substituents is 1. The summed E-state index contributed by atoms with van der Waals surface area (Å²) in [5, 5.41) is 13.7. The zero-order valence-electron chi connectivity index (χ0n) is 10.5. The lowest BCUT2D eigenvalue weighted by Gasteiger charge is -2.07. The molecule has 0 spiro atoms. The van der Waals surface area contributed by atoms with Crippen molar-refractivity contribution < 1.29 is 9.72 Å². The highest BCUT2D eigenvalue weighted by Crippen LogP contribution is 2.19. The molecule has 1 heterocycles. The number of nitrogens with one attached hydrogen (secondary N) is 1. The van der Waals surface area contributed by atoms with E-state index in [4.69, 9.17) is 23.2 Å². The van der Waals surface area contributed by atoms with Gasteiger partial charge in [0.15, 0.2) is 0 Å². The van der Waals surface area contributed by atoms with Gasteiger partial charge in [-0.3, -0.25) is 14.9 Å². The third-order valence-corrected chi connectivity index (χ3v) is 3.17. The summed E-state index contributed by atoms with van der Waals surface area (Å²) in [7, 11) is 0. The first-order valence-corrected chi connectivity index (χ1v) is 6.57. The van der Waals surface area contributed by atoms with Gasteiger partial charge in [0.2, 0.25) is 0 Å². The van der Waals surface area contributed by atoms with E-state index in [9.17, 15) is 14.9 Å². The summed E-state index contributed by atoms with van der Waals surface area (Å²) in [6.45, 7) is -0.0134. The summed E-state index contributed by atoms with van der Waals surface area (Å²) in [4.78, 5) is 26.2. The maximum Gasteiger partial charge on any atom is 0.274 e. The Morgan fingerprint density at radius 3 is 2.67 bits per heavy atom. The van der Waals surface area contributed by atoms with Crippen molar-refractivity contribution in [2.24, 2.45) is 0 Å². The molecule has 6 nitrogen and oxygen atoms in total. The van der Waals surface area contributed by atoms with E-state index in [2.05, 4.69) is 10.3 Å². The molecule has 1 aromatic heterocycles. The molecule has 0 bridgehead atoms. The third-order valence-electron chi connectivity index (χ3n) is 2.65. The number of carbonyl (C=O) groups is 1. The van der Waals surface area contributed by atoms with Crippen LogP contribution in [0.1, 0.15) is 16.1 Å². The number of aromatic nitrogens is 1. The SMILES string of the molecule is O=C(NCc1ccccc1[N+](=O)[O-])c1nc(Cl)ccc1Cl. The Morgan fingerprint density at radius 1 is 1.24 bits per heavy atom. The van der Waals surface area contributed by atoms with Crippen LogP contribution < -0.4 is 5.32 Å². The van der Waals surface area contributed by atoms with Gasteiger partial charge in [-0.2, -0.15) is 0 Å². The first-order valence-electron chi connectivity index (χ1n) is 5.81. The number of nitro groups is 1. The van der Waals surface area contributed by atoms with Crippen LogP contribution in [0.25, 0.3) is 0 Å². The Balaban J connectivity index is 2.15. The average molecular weight is 326 g/mol. The van der Waals surface area contributed by atoms with E-state index in [1.165, 1.54) is 18.2 Å². The third kappa shape index (κ3) is 3.68. The largest absolute Gasteiger partial charge is 0.346 e. The van der Waals surface area contributed by atoms with Crippen LogP contribution in [0.15, 0.2) is 36.4 Å². The summed E-state index contributed by atoms with van der Waals surface area (Å²) in [5.41, 5.74) is 0.291. The number of amides is 1. The minimum Gasteiger partial charge on any atom is -0.346 e. The molecule has 1 amide bonds. The normalized spacial score (nSPS) is 10.2. The Morgan fingerprint density at radius 2 is 1.95 bits per heavy atom. The van der Waals surface area contributed by atoms with Gasteiger partial charge >= 0.3 is 0 Å². The van der Waals surface area contributed by atoms with Crippen molar-refractivity contribution in [1.82, 2.24) is 10.3 Å². The predicted molar refractivity (Wildman–Crippen MR) is 78.5 cm³/mol. The summed E-state index contributed by atoms with van der Waals surface area (Å²) >= 11 is 11.6. The zero-order chi connectivity index (χ0) is 15.4. The first kappa shape index (κ1) is 15.2. The Hall–Kier alpha value is -2.18. The van der Waals surface area contributed by atoms with Crippen LogP contribution in [0.3, 0.4) is 0 Å². The highest BCUT2D eigenvalue weighted by molar-refractivity contribution is 6.34. The number of rotatable bonds is 4. The van der Waals surface area contributed by atoms with Crippen molar-refractivity contribution >= 4 is 34.8 Å². The van der Waals surface area contributed by atoms with Crippen molar-refractivity contribution in [2.75, 3.05) is 0 Å². The number of hydrogen-bond acceptors (Lipinski definition) is 4. The van der Waals surface area contributed by atoms with Crippen LogP contribution in [-0.2, 0) is 6.54 Å². The Labute approximate surface area is 129 Å². The van der Waals surface area contributed by atoms with Crippen molar-refractivity contribution in [2.45, 2.75) is 6.54 Å². The highest BCUT2D eigenvalue weighted by Gasteiger charge is 2.16. The minimum absolute atomic E-state index is 0.0134. The fourth-order valence-electron chi connectivity index (χ4n) is 1.68. The van der Waals surface area contributed by atoms with Gasteiger partial charge in [-0.15, -0.1) is 0 Å². The summed E-state index contributed by atoms with van der Waals surface area (Å²) < 4.78 is 0. The van der Waals surface area contributed by atoms with Gasteiger partial charge in [0, 0.05) is 18.2 Å². The number of nitrogens with zero attached hydrogens (tertiary/aromatic N) is 2. The molecule has 0 unspecified atom stereocenters. The molecule has 2 aromatic rings. The summed E-state index contributed by atoms with van der Waals surface area (Å²) in [6, 6.07) is 9.05. The molecule has 108 valence electrons. The molecule has 0 aliphatic rings. The van der Waals surface area contributed by atoms with Gasteiger partial charge < -0.3 is 5.32 Å². The molecule has 1 aromatic carbocycles. The van der Waals surface area contributed by atoms with E-state index in [0.717, 1.165) is 0 Å². The van der Waals surface area contributed by atoms with Crippen LogP contribution in [0.5, 0.6) is 0 Å². The molecule has 21 heavy (non-hydrogen) atoms. The second-order valence-electron chi connectivity index (χ2n) is 4.03. The highest BCUT2D eigenvalue weighted by atomic mass is 35.5. The van der Waals surface area contributed by atoms with E-state index in [-0.39, 0.29) is 28.1 Å².